The molecule has 3 aromatic rings. The maximum Gasteiger partial charge on any atom is 0.132 e. The molecule has 0 aliphatic heterocycles. The van der Waals surface area contributed by atoms with Gasteiger partial charge in [0.25, 0.3) is 0 Å². The maximum absolute atomic E-state index is 13.9. The van der Waals surface area contributed by atoms with E-state index in [0.717, 1.165) is 0 Å². The van der Waals surface area contributed by atoms with Crippen molar-refractivity contribution >= 4 is 5.69 Å². The summed E-state index contributed by atoms with van der Waals surface area (Å²) in [5.74, 6) is -0.328. The highest BCUT2D eigenvalue weighted by atomic mass is 19.1. The molecule has 0 unspecified atom stereocenters. The van der Waals surface area contributed by atoms with Crippen LogP contribution in [-0.4, -0.2) is 20.1 Å². The first kappa shape index (κ1) is 13.0. The van der Waals surface area contributed by atoms with Crippen LogP contribution in [0.2, 0.25) is 0 Å². The monoisotopic (exact) mass is 285 g/mol. The Morgan fingerprint density at radius 2 is 1.67 bits per heavy atom. The maximum atomic E-state index is 13.9. The summed E-state index contributed by atoms with van der Waals surface area (Å²) in [6, 6.07) is 11.8. The fraction of sp³-hybridized carbons (Fsp3) is 0. The van der Waals surface area contributed by atoms with E-state index in [0.29, 0.717) is 11.4 Å². The summed E-state index contributed by atoms with van der Waals surface area (Å²) in [5.41, 5.74) is 4.35. The van der Waals surface area contributed by atoms with Crippen LogP contribution in [0.4, 0.5) is 10.1 Å². The summed E-state index contributed by atoms with van der Waals surface area (Å²) in [5, 5.41) is 22.8. The first-order valence-corrected chi connectivity index (χ1v) is 6.22. The van der Waals surface area contributed by atoms with Gasteiger partial charge >= 0.3 is 0 Å². The van der Waals surface area contributed by atoms with E-state index in [9.17, 15) is 14.6 Å². The summed E-state index contributed by atoms with van der Waals surface area (Å²) in [7, 11) is 0. The van der Waals surface area contributed by atoms with E-state index in [4.69, 9.17) is 0 Å². The Labute approximate surface area is 119 Å². The van der Waals surface area contributed by atoms with E-state index >= 15 is 0 Å². The molecule has 3 rings (SSSR count). The van der Waals surface area contributed by atoms with E-state index in [2.05, 4.69) is 10.5 Å². The van der Waals surface area contributed by atoms with E-state index in [1.165, 1.54) is 41.3 Å². The predicted molar refractivity (Wildman–Crippen MR) is 76.4 cm³/mol. The topological polar surface area (TPSA) is 70.3 Å². The van der Waals surface area contributed by atoms with Gasteiger partial charge in [0, 0.05) is 5.56 Å². The number of aromatic hydroxyl groups is 2. The molecule has 0 atom stereocenters. The van der Waals surface area contributed by atoms with E-state index in [-0.39, 0.29) is 17.1 Å². The number of benzene rings is 2. The smallest absolute Gasteiger partial charge is 0.132 e. The van der Waals surface area contributed by atoms with Crippen molar-refractivity contribution in [1.82, 2.24) is 9.89 Å². The van der Waals surface area contributed by atoms with Crippen LogP contribution >= 0.6 is 0 Å². The number of rotatable bonds is 3. The lowest BCUT2D eigenvalue weighted by molar-refractivity contribution is 0.473. The lowest BCUT2D eigenvalue weighted by Gasteiger charge is -2.11. The van der Waals surface area contributed by atoms with E-state index < -0.39 is 5.82 Å². The fourth-order valence-corrected chi connectivity index (χ4v) is 1.96. The van der Waals surface area contributed by atoms with Crippen LogP contribution in [0.3, 0.4) is 0 Å². The predicted octanol–water partition coefficient (Wildman–Crippen LogP) is 2.98. The van der Waals surface area contributed by atoms with Gasteiger partial charge in [-0.15, -0.1) is 0 Å². The van der Waals surface area contributed by atoms with Crippen LogP contribution < -0.4 is 5.43 Å². The quantitative estimate of drug-likeness (QED) is 0.647. The number of hydrogen-bond acceptors (Lipinski definition) is 4. The molecule has 0 aliphatic rings. The molecule has 5 nitrogen and oxygen atoms in total. The molecule has 21 heavy (non-hydrogen) atoms. The van der Waals surface area contributed by atoms with Crippen molar-refractivity contribution in [1.29, 1.82) is 0 Å². The lowest BCUT2D eigenvalue weighted by atomic mass is 10.1. The number of phenols is 2. The Morgan fingerprint density at radius 1 is 0.952 bits per heavy atom. The summed E-state index contributed by atoms with van der Waals surface area (Å²) in [4.78, 5) is 1.39. The molecular formula is C15H12FN3O2. The standard InChI is InChI=1S/C15H12FN3O2/c16-14-6-5-12(21)9-13(14)15-7-8-17-19(15)18-10-1-3-11(20)4-2-10/h1-9,18,20-21H. The third-order valence-corrected chi connectivity index (χ3v) is 2.97. The molecular weight excluding hydrogens is 273 g/mol. The molecule has 0 radical (unpaired) electrons. The molecule has 1 aromatic heterocycles. The third kappa shape index (κ3) is 2.64. The zero-order chi connectivity index (χ0) is 14.8. The average Bonchev–Trinajstić information content (AvgIpc) is 2.92. The van der Waals surface area contributed by atoms with Crippen molar-refractivity contribution in [3.8, 4) is 22.8 Å². The van der Waals surface area contributed by atoms with Gasteiger partial charge in [-0.05, 0) is 48.5 Å². The number of phenolic OH excluding ortho intramolecular Hbond substituents is 2. The van der Waals surface area contributed by atoms with Gasteiger partial charge in [0.15, 0.2) is 0 Å². The van der Waals surface area contributed by atoms with Gasteiger partial charge in [-0.25, -0.2) is 4.39 Å². The first-order valence-electron chi connectivity index (χ1n) is 6.22. The van der Waals surface area contributed by atoms with Crippen LogP contribution in [0.15, 0.2) is 54.7 Å². The summed E-state index contributed by atoms with van der Waals surface area (Å²) >= 11 is 0. The molecule has 0 spiro atoms. The summed E-state index contributed by atoms with van der Waals surface area (Å²) in [6.45, 7) is 0. The van der Waals surface area contributed by atoms with Crippen LogP contribution in [0.5, 0.6) is 11.5 Å². The normalized spacial score (nSPS) is 10.5. The second kappa shape index (κ2) is 5.16. The van der Waals surface area contributed by atoms with Crippen molar-refractivity contribution in [3.05, 3.63) is 60.5 Å². The van der Waals surface area contributed by atoms with Crippen LogP contribution in [0.1, 0.15) is 0 Å². The minimum absolute atomic E-state index is 0.0243. The van der Waals surface area contributed by atoms with Gasteiger partial charge in [0.05, 0.1) is 17.6 Å². The van der Waals surface area contributed by atoms with Crippen molar-refractivity contribution < 1.29 is 14.6 Å². The Bertz CT molecular complexity index is 769. The number of hydrogen-bond donors (Lipinski definition) is 3. The summed E-state index contributed by atoms with van der Waals surface area (Å²) < 4.78 is 13.9. The largest absolute Gasteiger partial charge is 0.508 e. The van der Waals surface area contributed by atoms with Crippen molar-refractivity contribution in [2.24, 2.45) is 0 Å². The van der Waals surface area contributed by atoms with Gasteiger partial charge in [0.2, 0.25) is 0 Å². The number of halogens is 1. The average molecular weight is 285 g/mol. The Kier molecular flexibility index (Phi) is 3.19. The number of anilines is 1. The SMILES string of the molecule is Oc1ccc(Nn2nccc2-c2cc(O)ccc2F)cc1. The highest BCUT2D eigenvalue weighted by molar-refractivity contribution is 5.63. The van der Waals surface area contributed by atoms with Gasteiger partial charge in [-0.2, -0.15) is 9.89 Å². The molecule has 0 saturated carbocycles. The van der Waals surface area contributed by atoms with Gasteiger partial charge in [0.1, 0.15) is 17.3 Å². The van der Waals surface area contributed by atoms with Gasteiger partial charge < -0.3 is 10.2 Å². The molecule has 3 N–H and O–H groups in total. The molecule has 0 fully saturated rings. The molecule has 1 heterocycles. The summed E-state index contributed by atoms with van der Waals surface area (Å²) in [6.07, 6.45) is 1.52. The molecule has 2 aromatic carbocycles. The minimum atomic E-state index is -0.456. The lowest BCUT2D eigenvalue weighted by Crippen LogP contribution is -2.12. The van der Waals surface area contributed by atoms with Gasteiger partial charge in [-0.3, -0.25) is 5.43 Å². The highest BCUT2D eigenvalue weighted by Gasteiger charge is 2.11. The Balaban J connectivity index is 1.97. The minimum Gasteiger partial charge on any atom is -0.508 e. The van der Waals surface area contributed by atoms with Crippen molar-refractivity contribution in [2.45, 2.75) is 0 Å². The Morgan fingerprint density at radius 3 is 2.43 bits per heavy atom. The second-order valence-corrected chi connectivity index (χ2v) is 4.45. The molecule has 0 bridgehead atoms. The highest BCUT2D eigenvalue weighted by Crippen LogP contribution is 2.26. The van der Waals surface area contributed by atoms with Crippen LogP contribution in [0, 0.1) is 5.82 Å². The molecule has 106 valence electrons. The fourth-order valence-electron chi connectivity index (χ4n) is 1.96. The third-order valence-electron chi connectivity index (χ3n) is 2.97. The van der Waals surface area contributed by atoms with E-state index in [1.807, 2.05) is 0 Å². The van der Waals surface area contributed by atoms with E-state index in [1.54, 1.807) is 18.2 Å². The second-order valence-electron chi connectivity index (χ2n) is 4.45. The molecule has 0 amide bonds. The zero-order valence-corrected chi connectivity index (χ0v) is 10.9. The molecule has 0 aliphatic carbocycles. The van der Waals surface area contributed by atoms with Crippen molar-refractivity contribution in [3.63, 3.8) is 0 Å². The van der Waals surface area contributed by atoms with Crippen molar-refractivity contribution in [2.75, 3.05) is 5.43 Å². The molecule has 6 heteroatoms. The van der Waals surface area contributed by atoms with Gasteiger partial charge in [-0.1, -0.05) is 0 Å². The first-order chi connectivity index (χ1) is 10.1. The number of nitrogens with zero attached hydrogens (tertiary/aromatic N) is 2. The van der Waals surface area contributed by atoms with Crippen LogP contribution in [0.25, 0.3) is 11.3 Å². The number of nitrogens with one attached hydrogen (secondary N) is 1. The Hall–Kier alpha value is -3.02. The zero-order valence-electron chi connectivity index (χ0n) is 10.9. The number of aromatic nitrogens is 2. The van der Waals surface area contributed by atoms with Crippen LogP contribution in [-0.2, 0) is 0 Å². The molecule has 0 saturated heterocycles.